The topological polar surface area (TPSA) is 32.5 Å². The molecule has 3 atom stereocenters. The summed E-state index contributed by atoms with van der Waals surface area (Å²) in [6.07, 6.45) is 1.14. The Morgan fingerprint density at radius 3 is 2.50 bits per heavy atom. The molecule has 1 heterocycles. The summed E-state index contributed by atoms with van der Waals surface area (Å²) < 4.78 is 13.1. The number of halogens is 1. The van der Waals surface area contributed by atoms with Crippen LogP contribution in [0, 0.1) is 5.82 Å². The number of hydrogen-bond donors (Lipinski definition) is 1. The average Bonchev–Trinajstić information content (AvgIpc) is 2.42. The fraction of sp³-hybridized carbons (Fsp3) is 0.625. The summed E-state index contributed by atoms with van der Waals surface area (Å²) in [7, 11) is 2.18. The van der Waals surface area contributed by atoms with Crippen molar-refractivity contribution >= 4 is 0 Å². The van der Waals surface area contributed by atoms with Gasteiger partial charge in [0, 0.05) is 37.8 Å². The summed E-state index contributed by atoms with van der Waals surface area (Å²) in [5, 5.41) is 0. The lowest BCUT2D eigenvalue weighted by atomic mass is 9.97. The molecule has 1 aromatic rings. The first kappa shape index (κ1) is 15.4. The maximum atomic E-state index is 13.1. The van der Waals surface area contributed by atoms with E-state index in [1.54, 1.807) is 0 Å². The van der Waals surface area contributed by atoms with E-state index in [0.717, 1.165) is 31.6 Å². The lowest BCUT2D eigenvalue weighted by Crippen LogP contribution is -2.54. The fourth-order valence-electron chi connectivity index (χ4n) is 3.17. The number of nitrogens with zero attached hydrogens (tertiary/aromatic N) is 2. The van der Waals surface area contributed by atoms with Gasteiger partial charge in [-0.3, -0.25) is 4.90 Å². The molecular weight excluding hydrogens is 253 g/mol. The van der Waals surface area contributed by atoms with E-state index in [-0.39, 0.29) is 17.9 Å². The first-order valence-electron chi connectivity index (χ1n) is 7.48. The minimum absolute atomic E-state index is 0.0290. The molecule has 3 nitrogen and oxygen atoms in total. The summed E-state index contributed by atoms with van der Waals surface area (Å²) in [4.78, 5) is 4.87. The van der Waals surface area contributed by atoms with E-state index in [1.165, 1.54) is 12.1 Å². The second-order valence-corrected chi connectivity index (χ2v) is 5.89. The molecule has 0 bridgehead atoms. The molecule has 2 N–H and O–H groups in total. The van der Waals surface area contributed by atoms with Crippen LogP contribution in [0.25, 0.3) is 0 Å². The Bertz CT molecular complexity index is 418. The fourth-order valence-corrected chi connectivity index (χ4v) is 3.17. The highest BCUT2D eigenvalue weighted by Crippen LogP contribution is 2.26. The minimum atomic E-state index is -0.193. The predicted molar refractivity (Wildman–Crippen MR) is 81.1 cm³/mol. The Balaban J connectivity index is 2.18. The van der Waals surface area contributed by atoms with Gasteiger partial charge in [0.25, 0.3) is 0 Å². The SMILES string of the molecule is CCC1CN(C(c2ccc(F)cc2)C(C)N)CCN1C. The Labute approximate surface area is 121 Å². The normalized spacial score (nSPS) is 24.6. The van der Waals surface area contributed by atoms with Gasteiger partial charge in [0.1, 0.15) is 5.82 Å². The third-order valence-electron chi connectivity index (χ3n) is 4.38. The largest absolute Gasteiger partial charge is 0.326 e. The Hall–Kier alpha value is -0.970. The zero-order valence-electron chi connectivity index (χ0n) is 12.7. The number of nitrogens with two attached hydrogens (primary N) is 1. The lowest BCUT2D eigenvalue weighted by Gasteiger charge is -2.44. The van der Waals surface area contributed by atoms with Crippen molar-refractivity contribution < 1.29 is 4.39 Å². The number of rotatable bonds is 4. The van der Waals surface area contributed by atoms with Crippen molar-refractivity contribution in [3.8, 4) is 0 Å². The van der Waals surface area contributed by atoms with Gasteiger partial charge in [-0.25, -0.2) is 4.39 Å². The Morgan fingerprint density at radius 1 is 1.30 bits per heavy atom. The van der Waals surface area contributed by atoms with Crippen LogP contribution >= 0.6 is 0 Å². The van der Waals surface area contributed by atoms with Gasteiger partial charge in [-0.1, -0.05) is 19.1 Å². The molecule has 0 amide bonds. The third-order valence-corrected chi connectivity index (χ3v) is 4.38. The van der Waals surface area contributed by atoms with Crippen LogP contribution in [0.4, 0.5) is 4.39 Å². The molecular formula is C16H26FN3. The molecule has 3 unspecified atom stereocenters. The molecule has 0 spiro atoms. The van der Waals surface area contributed by atoms with E-state index in [2.05, 4.69) is 23.8 Å². The second kappa shape index (κ2) is 6.66. The van der Waals surface area contributed by atoms with Crippen LogP contribution in [-0.2, 0) is 0 Å². The van der Waals surface area contributed by atoms with Crippen LogP contribution in [0.2, 0.25) is 0 Å². The molecule has 0 aromatic heterocycles. The third kappa shape index (κ3) is 3.37. The van der Waals surface area contributed by atoms with E-state index in [1.807, 2.05) is 19.1 Å². The van der Waals surface area contributed by atoms with Crippen LogP contribution in [0.5, 0.6) is 0 Å². The second-order valence-electron chi connectivity index (χ2n) is 5.89. The maximum Gasteiger partial charge on any atom is 0.123 e. The molecule has 1 saturated heterocycles. The molecule has 0 aliphatic carbocycles. The molecule has 0 radical (unpaired) electrons. The summed E-state index contributed by atoms with van der Waals surface area (Å²) >= 11 is 0. The monoisotopic (exact) mass is 279 g/mol. The number of piperazine rings is 1. The first-order valence-corrected chi connectivity index (χ1v) is 7.48. The van der Waals surface area contributed by atoms with Crippen molar-refractivity contribution in [1.29, 1.82) is 0 Å². The van der Waals surface area contributed by atoms with Crippen molar-refractivity contribution in [3.05, 3.63) is 35.6 Å². The highest BCUT2D eigenvalue weighted by molar-refractivity contribution is 5.21. The van der Waals surface area contributed by atoms with E-state index < -0.39 is 0 Å². The van der Waals surface area contributed by atoms with Gasteiger partial charge in [0.2, 0.25) is 0 Å². The quantitative estimate of drug-likeness (QED) is 0.917. The highest BCUT2D eigenvalue weighted by atomic mass is 19.1. The number of benzene rings is 1. The van der Waals surface area contributed by atoms with E-state index in [0.29, 0.717) is 6.04 Å². The van der Waals surface area contributed by atoms with Gasteiger partial charge in [0.05, 0.1) is 0 Å². The molecule has 1 aliphatic rings. The zero-order valence-corrected chi connectivity index (χ0v) is 12.7. The molecule has 1 aliphatic heterocycles. The van der Waals surface area contributed by atoms with Gasteiger partial charge in [0.15, 0.2) is 0 Å². The first-order chi connectivity index (χ1) is 9.52. The molecule has 4 heteroatoms. The number of hydrogen-bond acceptors (Lipinski definition) is 3. The molecule has 20 heavy (non-hydrogen) atoms. The maximum absolute atomic E-state index is 13.1. The van der Waals surface area contributed by atoms with Gasteiger partial charge in [-0.2, -0.15) is 0 Å². The van der Waals surface area contributed by atoms with Crippen LogP contribution in [-0.4, -0.2) is 48.6 Å². The van der Waals surface area contributed by atoms with Gasteiger partial charge < -0.3 is 10.6 Å². The summed E-state index contributed by atoms with van der Waals surface area (Å²) in [5.41, 5.74) is 7.32. The van der Waals surface area contributed by atoms with Crippen LogP contribution < -0.4 is 5.73 Å². The van der Waals surface area contributed by atoms with Crippen molar-refractivity contribution in [2.24, 2.45) is 5.73 Å². The smallest absolute Gasteiger partial charge is 0.123 e. The summed E-state index contributed by atoms with van der Waals surface area (Å²) in [6, 6.07) is 7.55. The zero-order chi connectivity index (χ0) is 14.7. The predicted octanol–water partition coefficient (Wildman–Crippen LogP) is 2.24. The highest BCUT2D eigenvalue weighted by Gasteiger charge is 2.30. The molecule has 0 saturated carbocycles. The standard InChI is InChI=1S/C16H26FN3/c1-4-15-11-20(10-9-19(15)3)16(12(2)18)13-5-7-14(17)8-6-13/h5-8,12,15-16H,4,9-11,18H2,1-3H3. The summed E-state index contributed by atoms with van der Waals surface area (Å²) in [5.74, 6) is -0.193. The number of likely N-dealkylation sites (N-methyl/N-ethyl adjacent to an activating group) is 1. The Kier molecular flexibility index (Phi) is 5.13. The molecule has 112 valence electrons. The average molecular weight is 279 g/mol. The van der Waals surface area contributed by atoms with Gasteiger partial charge in [-0.15, -0.1) is 0 Å². The van der Waals surface area contributed by atoms with Crippen molar-refractivity contribution in [2.75, 3.05) is 26.7 Å². The van der Waals surface area contributed by atoms with Crippen LogP contribution in [0.1, 0.15) is 31.9 Å². The molecule has 1 fully saturated rings. The van der Waals surface area contributed by atoms with Crippen molar-refractivity contribution in [3.63, 3.8) is 0 Å². The van der Waals surface area contributed by atoms with Crippen LogP contribution in [0.3, 0.4) is 0 Å². The van der Waals surface area contributed by atoms with E-state index >= 15 is 0 Å². The van der Waals surface area contributed by atoms with E-state index in [9.17, 15) is 4.39 Å². The van der Waals surface area contributed by atoms with Gasteiger partial charge in [-0.05, 0) is 38.1 Å². The van der Waals surface area contributed by atoms with Crippen molar-refractivity contribution in [2.45, 2.75) is 38.4 Å². The lowest BCUT2D eigenvalue weighted by molar-refractivity contribution is 0.0549. The van der Waals surface area contributed by atoms with Crippen LogP contribution in [0.15, 0.2) is 24.3 Å². The Morgan fingerprint density at radius 2 is 1.95 bits per heavy atom. The minimum Gasteiger partial charge on any atom is -0.326 e. The van der Waals surface area contributed by atoms with E-state index in [4.69, 9.17) is 5.73 Å². The molecule has 1 aromatic carbocycles. The van der Waals surface area contributed by atoms with Gasteiger partial charge >= 0.3 is 0 Å². The van der Waals surface area contributed by atoms with Crippen molar-refractivity contribution in [1.82, 2.24) is 9.80 Å². The molecule has 2 rings (SSSR count). The summed E-state index contributed by atoms with van der Waals surface area (Å²) in [6.45, 7) is 7.35.